The van der Waals surface area contributed by atoms with Crippen molar-refractivity contribution in [2.24, 2.45) is 4.99 Å². The maximum absolute atomic E-state index is 11.6. The number of aryl methyl sites for hydroxylation is 1. The van der Waals surface area contributed by atoms with E-state index in [0.717, 1.165) is 18.4 Å². The van der Waals surface area contributed by atoms with E-state index in [1.54, 1.807) is 13.8 Å². The van der Waals surface area contributed by atoms with Gasteiger partial charge in [0.15, 0.2) is 0 Å². The van der Waals surface area contributed by atoms with Crippen LogP contribution in [0.25, 0.3) is 0 Å². The number of rotatable bonds is 5. The molecule has 1 aromatic rings. The number of Topliss-reactive ketones (excluding diaryl/α,β-unsaturated/α-hetero) is 1. The van der Waals surface area contributed by atoms with Crippen LogP contribution in [-0.4, -0.2) is 22.4 Å². The predicted molar refractivity (Wildman–Crippen MR) is 83.5 cm³/mol. The summed E-state index contributed by atoms with van der Waals surface area (Å²) in [5.41, 5.74) is 0.923. The minimum absolute atomic E-state index is 0.0670. The van der Waals surface area contributed by atoms with Crippen LogP contribution in [0, 0.1) is 0 Å². The van der Waals surface area contributed by atoms with Crippen LogP contribution in [-0.2, 0) is 21.5 Å². The summed E-state index contributed by atoms with van der Waals surface area (Å²) in [5, 5.41) is 0. The van der Waals surface area contributed by atoms with Crippen LogP contribution in [0.15, 0.2) is 11.2 Å². The first-order valence-electron chi connectivity index (χ1n) is 7.17. The third-order valence-corrected chi connectivity index (χ3v) is 4.21. The van der Waals surface area contributed by atoms with Crippen LogP contribution < -0.4 is 4.67 Å². The van der Waals surface area contributed by atoms with Crippen molar-refractivity contribution in [1.29, 1.82) is 0 Å². The molecule has 0 aliphatic heterocycles. The summed E-state index contributed by atoms with van der Waals surface area (Å²) in [6, 6.07) is 0. The molecular formula is C15H24N2O3S. The number of carbonyl (C=O) groups is 2. The summed E-state index contributed by atoms with van der Waals surface area (Å²) in [6.07, 6.45) is 3.50. The second kappa shape index (κ2) is 7.54. The van der Waals surface area contributed by atoms with Gasteiger partial charge in [-0.25, -0.2) is 4.79 Å². The SMILES string of the molecule is CCOC(=O)/N=c1\sn(C(C)(C)C)cc1CCCC(C)=O. The molecular weight excluding hydrogens is 288 g/mol. The zero-order valence-corrected chi connectivity index (χ0v) is 14.2. The number of hydrogen-bond donors (Lipinski definition) is 0. The fourth-order valence-corrected chi connectivity index (χ4v) is 2.76. The Morgan fingerprint density at radius 1 is 1.38 bits per heavy atom. The minimum atomic E-state index is -0.562. The Balaban J connectivity index is 3.05. The molecule has 0 unspecified atom stereocenters. The molecule has 1 heterocycles. The number of hydrogen-bond acceptors (Lipinski definition) is 4. The summed E-state index contributed by atoms with van der Waals surface area (Å²) in [5.74, 6) is 0.179. The molecule has 118 valence electrons. The van der Waals surface area contributed by atoms with Gasteiger partial charge >= 0.3 is 6.09 Å². The normalized spacial score (nSPS) is 12.5. The average Bonchev–Trinajstić information content (AvgIpc) is 2.72. The molecule has 0 radical (unpaired) electrons. The van der Waals surface area contributed by atoms with Crippen molar-refractivity contribution in [3.63, 3.8) is 0 Å². The van der Waals surface area contributed by atoms with Crippen molar-refractivity contribution in [3.8, 4) is 0 Å². The molecule has 0 bridgehead atoms. The highest BCUT2D eigenvalue weighted by atomic mass is 32.1. The van der Waals surface area contributed by atoms with Gasteiger partial charge in [0.25, 0.3) is 0 Å². The Morgan fingerprint density at radius 2 is 2.05 bits per heavy atom. The Bertz CT molecular complexity index is 564. The van der Waals surface area contributed by atoms with Gasteiger partial charge in [0, 0.05) is 23.7 Å². The fourth-order valence-electron chi connectivity index (χ4n) is 1.74. The van der Waals surface area contributed by atoms with E-state index in [1.807, 2.05) is 6.20 Å². The molecule has 0 spiro atoms. The van der Waals surface area contributed by atoms with Crippen molar-refractivity contribution in [3.05, 3.63) is 16.4 Å². The van der Waals surface area contributed by atoms with Crippen LogP contribution in [0.5, 0.6) is 0 Å². The van der Waals surface area contributed by atoms with Crippen LogP contribution in [0.2, 0.25) is 0 Å². The van der Waals surface area contributed by atoms with Gasteiger partial charge in [-0.15, -0.1) is 0 Å². The standard InChI is InChI=1S/C15H24N2O3S/c1-6-20-14(19)16-13-12(9-7-8-11(2)18)10-17(21-13)15(3,4)5/h10H,6-9H2,1-5H3/b16-13-. The van der Waals surface area contributed by atoms with Gasteiger partial charge in [-0.1, -0.05) is 0 Å². The van der Waals surface area contributed by atoms with Gasteiger partial charge in [0.05, 0.1) is 6.61 Å². The lowest BCUT2D eigenvalue weighted by atomic mass is 10.1. The molecule has 5 nitrogen and oxygen atoms in total. The highest BCUT2D eigenvalue weighted by molar-refractivity contribution is 7.04. The molecule has 0 aromatic carbocycles. The highest BCUT2D eigenvalue weighted by Crippen LogP contribution is 2.17. The Kier molecular flexibility index (Phi) is 6.33. The Hall–Kier alpha value is -1.43. The number of carbonyl (C=O) groups excluding carboxylic acids is 2. The van der Waals surface area contributed by atoms with Gasteiger partial charge in [-0.3, -0.25) is 3.96 Å². The zero-order chi connectivity index (χ0) is 16.0. The van der Waals surface area contributed by atoms with E-state index < -0.39 is 6.09 Å². The third kappa shape index (κ3) is 5.83. The smallest absolute Gasteiger partial charge is 0.434 e. The van der Waals surface area contributed by atoms with Gasteiger partial charge in [0.2, 0.25) is 0 Å². The molecule has 1 aromatic heterocycles. The lowest BCUT2D eigenvalue weighted by molar-refractivity contribution is -0.117. The van der Waals surface area contributed by atoms with E-state index in [0.29, 0.717) is 17.7 Å². The number of ether oxygens (including phenoxy) is 1. The van der Waals surface area contributed by atoms with Crippen molar-refractivity contribution >= 4 is 23.4 Å². The molecule has 0 saturated carbocycles. The van der Waals surface area contributed by atoms with Crippen molar-refractivity contribution in [2.45, 2.75) is 59.4 Å². The lowest BCUT2D eigenvalue weighted by Gasteiger charge is -2.19. The second-order valence-corrected chi connectivity index (χ2v) is 6.88. The molecule has 0 atom stereocenters. The quantitative estimate of drug-likeness (QED) is 0.838. The second-order valence-electron chi connectivity index (χ2n) is 5.91. The summed E-state index contributed by atoms with van der Waals surface area (Å²) in [6.45, 7) is 9.94. The van der Waals surface area contributed by atoms with Crippen LogP contribution in [0.4, 0.5) is 4.79 Å². The van der Waals surface area contributed by atoms with Crippen molar-refractivity contribution in [1.82, 2.24) is 3.96 Å². The first-order valence-corrected chi connectivity index (χ1v) is 7.94. The van der Waals surface area contributed by atoms with Gasteiger partial charge in [-0.05, 0) is 59.0 Å². The van der Waals surface area contributed by atoms with Gasteiger partial charge in [0.1, 0.15) is 10.5 Å². The van der Waals surface area contributed by atoms with Crippen LogP contribution in [0.1, 0.15) is 53.0 Å². The molecule has 0 saturated heterocycles. The molecule has 0 aliphatic carbocycles. The largest absolute Gasteiger partial charge is 0.448 e. The molecule has 6 heteroatoms. The van der Waals surface area contributed by atoms with Crippen molar-refractivity contribution in [2.75, 3.05) is 6.61 Å². The topological polar surface area (TPSA) is 60.7 Å². The maximum Gasteiger partial charge on any atom is 0.434 e. The van der Waals surface area contributed by atoms with E-state index in [-0.39, 0.29) is 11.3 Å². The maximum atomic E-state index is 11.6. The van der Waals surface area contributed by atoms with E-state index >= 15 is 0 Å². The molecule has 0 aliphatic rings. The Morgan fingerprint density at radius 3 is 2.57 bits per heavy atom. The van der Waals surface area contributed by atoms with Crippen LogP contribution >= 0.6 is 11.5 Å². The van der Waals surface area contributed by atoms with Crippen molar-refractivity contribution < 1.29 is 14.3 Å². The minimum Gasteiger partial charge on any atom is -0.448 e. The molecule has 21 heavy (non-hydrogen) atoms. The first kappa shape index (κ1) is 17.6. The molecule has 0 N–H and O–H groups in total. The van der Waals surface area contributed by atoms with E-state index in [4.69, 9.17) is 4.74 Å². The fraction of sp³-hybridized carbons (Fsp3) is 0.667. The monoisotopic (exact) mass is 312 g/mol. The molecule has 1 rings (SSSR count). The Labute approximate surface area is 129 Å². The number of ketones is 1. The highest BCUT2D eigenvalue weighted by Gasteiger charge is 2.16. The van der Waals surface area contributed by atoms with Gasteiger partial charge < -0.3 is 9.53 Å². The molecule has 0 fully saturated rings. The van der Waals surface area contributed by atoms with E-state index in [9.17, 15) is 9.59 Å². The zero-order valence-electron chi connectivity index (χ0n) is 13.4. The number of aromatic nitrogens is 1. The van der Waals surface area contributed by atoms with E-state index in [1.165, 1.54) is 11.5 Å². The van der Waals surface area contributed by atoms with E-state index in [2.05, 4.69) is 29.7 Å². The lowest BCUT2D eigenvalue weighted by Crippen LogP contribution is -2.18. The first-order chi connectivity index (χ1) is 9.74. The predicted octanol–water partition coefficient (Wildman–Crippen LogP) is 3.27. The van der Waals surface area contributed by atoms with Gasteiger partial charge in [-0.2, -0.15) is 4.99 Å². The van der Waals surface area contributed by atoms with Crippen LogP contribution in [0.3, 0.4) is 0 Å². The summed E-state index contributed by atoms with van der Waals surface area (Å²) in [7, 11) is 0. The third-order valence-electron chi connectivity index (χ3n) is 2.83. The number of amides is 1. The summed E-state index contributed by atoms with van der Waals surface area (Å²) in [4.78, 5) is 26.6. The summed E-state index contributed by atoms with van der Waals surface area (Å²) < 4.78 is 7.63. The molecule has 1 amide bonds. The summed E-state index contributed by atoms with van der Waals surface area (Å²) >= 11 is 1.44. The number of nitrogens with zero attached hydrogens (tertiary/aromatic N) is 2. The average molecular weight is 312 g/mol.